The van der Waals surface area contributed by atoms with Crippen LogP contribution >= 0.6 is 0 Å². The van der Waals surface area contributed by atoms with Gasteiger partial charge in [-0.2, -0.15) is 0 Å². The molecule has 0 saturated carbocycles. The number of carboxylic acid groups (broad SMARTS) is 1. The Morgan fingerprint density at radius 2 is 2.10 bits per heavy atom. The third-order valence-corrected chi connectivity index (χ3v) is 2.71. The molecular weight excluding hydrogens is 262 g/mol. The van der Waals surface area contributed by atoms with Crippen LogP contribution in [0.15, 0.2) is 40.8 Å². The fraction of sp³-hybridized carbons (Fsp3) is 0.0714. The number of hydrogen-bond acceptors (Lipinski definition) is 4. The van der Waals surface area contributed by atoms with Crippen molar-refractivity contribution in [2.75, 3.05) is 0 Å². The van der Waals surface area contributed by atoms with Crippen molar-refractivity contribution in [1.29, 1.82) is 0 Å². The number of hydrogen-bond donors (Lipinski definition) is 1. The molecule has 0 bridgehead atoms. The number of carboxylic acids is 1. The topological polar surface area (TPSA) is 93.6 Å². The van der Waals surface area contributed by atoms with Crippen LogP contribution in [-0.2, 0) is 4.79 Å². The summed E-state index contributed by atoms with van der Waals surface area (Å²) >= 11 is 0. The lowest BCUT2D eigenvalue weighted by molar-refractivity contribution is -0.384. The van der Waals surface area contributed by atoms with E-state index in [1.54, 1.807) is 18.2 Å². The average molecular weight is 273 g/mol. The van der Waals surface area contributed by atoms with Crippen molar-refractivity contribution >= 4 is 17.7 Å². The molecule has 2 rings (SSSR count). The number of aliphatic carboxylic acids is 1. The van der Waals surface area contributed by atoms with E-state index in [4.69, 9.17) is 9.52 Å². The molecular formula is C14H11NO5. The third-order valence-electron chi connectivity index (χ3n) is 2.71. The van der Waals surface area contributed by atoms with Crippen LogP contribution in [0.3, 0.4) is 0 Å². The Morgan fingerprint density at radius 3 is 2.75 bits per heavy atom. The van der Waals surface area contributed by atoms with Crippen molar-refractivity contribution in [2.24, 2.45) is 0 Å². The third kappa shape index (κ3) is 2.92. The van der Waals surface area contributed by atoms with Crippen LogP contribution in [0.5, 0.6) is 0 Å². The van der Waals surface area contributed by atoms with Crippen molar-refractivity contribution in [3.63, 3.8) is 0 Å². The highest BCUT2D eigenvalue weighted by Crippen LogP contribution is 2.29. The maximum absolute atomic E-state index is 10.8. The normalized spacial score (nSPS) is 10.8. The minimum atomic E-state index is -1.07. The lowest BCUT2D eigenvalue weighted by Crippen LogP contribution is -1.89. The van der Waals surface area contributed by atoms with Crippen LogP contribution in [0.1, 0.15) is 11.3 Å². The first-order chi connectivity index (χ1) is 9.47. The van der Waals surface area contributed by atoms with Crippen molar-refractivity contribution < 1.29 is 19.2 Å². The predicted octanol–water partition coefficient (Wildman–Crippen LogP) is 3.26. The molecule has 20 heavy (non-hydrogen) atoms. The number of rotatable bonds is 4. The van der Waals surface area contributed by atoms with E-state index in [1.807, 2.05) is 6.92 Å². The standard InChI is InChI=1S/C14H11NO5/c1-9-2-3-10(15(18)19)8-12(9)13-6-4-11(20-13)5-7-14(16)17/h2-8H,1H3,(H,16,17)/b7-5+. The first-order valence-corrected chi connectivity index (χ1v) is 5.73. The van der Waals surface area contributed by atoms with Gasteiger partial charge in [-0.3, -0.25) is 10.1 Å². The quantitative estimate of drug-likeness (QED) is 0.524. The molecule has 0 amide bonds. The van der Waals surface area contributed by atoms with Gasteiger partial charge in [-0.15, -0.1) is 0 Å². The number of aryl methyl sites for hydroxylation is 1. The van der Waals surface area contributed by atoms with Crippen molar-refractivity contribution in [3.8, 4) is 11.3 Å². The number of nitro benzene ring substituents is 1. The van der Waals surface area contributed by atoms with Gasteiger partial charge >= 0.3 is 5.97 Å². The van der Waals surface area contributed by atoms with Gasteiger partial charge in [-0.1, -0.05) is 6.07 Å². The van der Waals surface area contributed by atoms with Gasteiger partial charge in [0.2, 0.25) is 0 Å². The molecule has 1 aromatic carbocycles. The molecule has 0 unspecified atom stereocenters. The maximum Gasteiger partial charge on any atom is 0.328 e. The van der Waals surface area contributed by atoms with Gasteiger partial charge in [-0.05, 0) is 30.7 Å². The molecule has 1 aromatic heterocycles. The van der Waals surface area contributed by atoms with Gasteiger partial charge in [0.05, 0.1) is 4.92 Å². The van der Waals surface area contributed by atoms with Gasteiger partial charge < -0.3 is 9.52 Å². The SMILES string of the molecule is Cc1ccc([N+](=O)[O-])cc1-c1ccc(/C=C/C(=O)O)o1. The number of furan rings is 1. The smallest absolute Gasteiger partial charge is 0.328 e. The number of benzene rings is 1. The number of carbonyl (C=O) groups is 1. The first kappa shape index (κ1) is 13.5. The van der Waals surface area contributed by atoms with Crippen LogP contribution in [0.25, 0.3) is 17.4 Å². The molecule has 6 nitrogen and oxygen atoms in total. The summed E-state index contributed by atoms with van der Waals surface area (Å²) in [6.45, 7) is 1.81. The molecule has 0 fully saturated rings. The van der Waals surface area contributed by atoms with E-state index >= 15 is 0 Å². The van der Waals surface area contributed by atoms with Gasteiger partial charge in [0.25, 0.3) is 5.69 Å². The van der Waals surface area contributed by atoms with Gasteiger partial charge in [0.1, 0.15) is 11.5 Å². The highest BCUT2D eigenvalue weighted by molar-refractivity contribution is 5.84. The van der Waals surface area contributed by atoms with Crippen LogP contribution in [-0.4, -0.2) is 16.0 Å². The van der Waals surface area contributed by atoms with E-state index in [2.05, 4.69) is 0 Å². The van der Waals surface area contributed by atoms with Crippen LogP contribution in [0, 0.1) is 17.0 Å². The molecule has 2 aromatic rings. The summed E-state index contributed by atoms with van der Waals surface area (Å²) in [6.07, 6.45) is 2.28. The molecule has 0 aliphatic carbocycles. The highest BCUT2D eigenvalue weighted by Gasteiger charge is 2.12. The Morgan fingerprint density at radius 1 is 1.35 bits per heavy atom. The largest absolute Gasteiger partial charge is 0.478 e. The second-order valence-corrected chi connectivity index (χ2v) is 4.13. The van der Waals surface area contributed by atoms with Gasteiger partial charge in [0, 0.05) is 23.8 Å². The number of non-ortho nitro benzene ring substituents is 1. The Kier molecular flexibility index (Phi) is 3.65. The van der Waals surface area contributed by atoms with Gasteiger partial charge in [0.15, 0.2) is 0 Å². The number of nitro groups is 1. The molecule has 0 saturated heterocycles. The Balaban J connectivity index is 2.39. The van der Waals surface area contributed by atoms with E-state index in [1.165, 1.54) is 18.2 Å². The summed E-state index contributed by atoms with van der Waals surface area (Å²) in [4.78, 5) is 20.7. The summed E-state index contributed by atoms with van der Waals surface area (Å²) in [5.41, 5.74) is 1.41. The molecule has 0 aliphatic rings. The lowest BCUT2D eigenvalue weighted by atomic mass is 10.1. The van der Waals surface area contributed by atoms with Crippen molar-refractivity contribution in [1.82, 2.24) is 0 Å². The lowest BCUT2D eigenvalue weighted by Gasteiger charge is -2.02. The maximum atomic E-state index is 10.8. The van der Waals surface area contributed by atoms with Gasteiger partial charge in [-0.25, -0.2) is 4.79 Å². The minimum Gasteiger partial charge on any atom is -0.478 e. The van der Waals surface area contributed by atoms with Crippen LogP contribution in [0.2, 0.25) is 0 Å². The molecule has 1 N–H and O–H groups in total. The molecule has 0 atom stereocenters. The molecule has 102 valence electrons. The Labute approximate surface area is 114 Å². The van der Waals surface area contributed by atoms with E-state index in [0.29, 0.717) is 17.1 Å². The molecule has 0 radical (unpaired) electrons. The zero-order chi connectivity index (χ0) is 14.7. The van der Waals surface area contributed by atoms with Crippen molar-refractivity contribution in [3.05, 3.63) is 57.8 Å². The van der Waals surface area contributed by atoms with E-state index < -0.39 is 10.9 Å². The highest BCUT2D eigenvalue weighted by atomic mass is 16.6. The van der Waals surface area contributed by atoms with E-state index in [9.17, 15) is 14.9 Å². The molecule has 0 aliphatic heterocycles. The summed E-state index contributed by atoms with van der Waals surface area (Å²) in [5, 5.41) is 19.3. The second kappa shape index (κ2) is 5.40. The molecule has 1 heterocycles. The van der Waals surface area contributed by atoms with Crippen LogP contribution in [0.4, 0.5) is 5.69 Å². The predicted molar refractivity (Wildman–Crippen MR) is 72.2 cm³/mol. The zero-order valence-electron chi connectivity index (χ0n) is 10.6. The molecule has 6 heteroatoms. The average Bonchev–Trinajstić information content (AvgIpc) is 2.85. The first-order valence-electron chi connectivity index (χ1n) is 5.73. The monoisotopic (exact) mass is 273 g/mol. The van der Waals surface area contributed by atoms with Crippen molar-refractivity contribution in [2.45, 2.75) is 6.92 Å². The number of nitrogens with zero attached hydrogens (tertiary/aromatic N) is 1. The van der Waals surface area contributed by atoms with E-state index in [-0.39, 0.29) is 5.69 Å². The summed E-state index contributed by atoms with van der Waals surface area (Å²) in [6, 6.07) is 7.75. The Hall–Kier alpha value is -2.89. The fourth-order valence-corrected chi connectivity index (χ4v) is 1.73. The summed E-state index contributed by atoms with van der Waals surface area (Å²) in [5.74, 6) is -0.251. The minimum absolute atomic E-state index is 0.0235. The second-order valence-electron chi connectivity index (χ2n) is 4.13. The summed E-state index contributed by atoms with van der Waals surface area (Å²) < 4.78 is 5.46. The Bertz CT molecular complexity index is 699. The molecule has 0 spiro atoms. The zero-order valence-corrected chi connectivity index (χ0v) is 10.6. The fourth-order valence-electron chi connectivity index (χ4n) is 1.73. The summed E-state index contributed by atoms with van der Waals surface area (Å²) in [7, 11) is 0. The van der Waals surface area contributed by atoms with Crippen LogP contribution < -0.4 is 0 Å². The van der Waals surface area contributed by atoms with E-state index in [0.717, 1.165) is 11.6 Å².